The Hall–Kier alpha value is -1.56. The SMILES string of the molecule is Nc1ccn([C@@H]2O[C@H](COC3OCCO3)[C@@H](O)[C@H]2O)c(=O)n1. The van der Waals surface area contributed by atoms with Crippen LogP contribution in [0.2, 0.25) is 0 Å². The number of aromatic nitrogens is 2. The van der Waals surface area contributed by atoms with Crippen LogP contribution < -0.4 is 11.4 Å². The average Bonchev–Trinajstić information content (AvgIpc) is 3.08. The first-order chi connectivity index (χ1) is 10.6. The highest BCUT2D eigenvalue weighted by atomic mass is 16.9. The Morgan fingerprint density at radius 1 is 1.36 bits per heavy atom. The van der Waals surface area contributed by atoms with Gasteiger partial charge in [-0.15, -0.1) is 0 Å². The lowest BCUT2D eigenvalue weighted by Gasteiger charge is -2.17. The molecule has 0 bridgehead atoms. The number of nitrogens with zero attached hydrogens (tertiary/aromatic N) is 2. The number of nitrogens with two attached hydrogens (primary N) is 1. The minimum atomic E-state index is -1.30. The van der Waals surface area contributed by atoms with E-state index in [0.29, 0.717) is 13.2 Å². The predicted octanol–water partition coefficient (Wildman–Crippen LogP) is -2.21. The Balaban J connectivity index is 1.67. The van der Waals surface area contributed by atoms with E-state index >= 15 is 0 Å². The molecule has 1 aromatic heterocycles. The first-order valence-corrected chi connectivity index (χ1v) is 6.77. The quantitative estimate of drug-likeness (QED) is 0.564. The van der Waals surface area contributed by atoms with Crippen molar-refractivity contribution in [3.8, 4) is 0 Å². The summed E-state index contributed by atoms with van der Waals surface area (Å²) in [5.74, 6) is 0.0599. The summed E-state index contributed by atoms with van der Waals surface area (Å²) < 4.78 is 22.0. The summed E-state index contributed by atoms with van der Waals surface area (Å²) >= 11 is 0. The van der Waals surface area contributed by atoms with Gasteiger partial charge in [-0.05, 0) is 6.07 Å². The van der Waals surface area contributed by atoms with Gasteiger partial charge in [0, 0.05) is 6.20 Å². The normalized spacial score (nSPS) is 32.6. The first-order valence-electron chi connectivity index (χ1n) is 6.77. The van der Waals surface area contributed by atoms with Gasteiger partial charge in [0.1, 0.15) is 24.1 Å². The molecule has 3 heterocycles. The summed E-state index contributed by atoms with van der Waals surface area (Å²) in [4.78, 5) is 15.3. The smallest absolute Gasteiger partial charge is 0.351 e. The van der Waals surface area contributed by atoms with Gasteiger partial charge in [-0.25, -0.2) is 4.79 Å². The number of ether oxygens (including phenoxy) is 4. The largest absolute Gasteiger partial charge is 0.387 e. The molecule has 4 atom stereocenters. The van der Waals surface area contributed by atoms with Crippen molar-refractivity contribution in [1.29, 1.82) is 0 Å². The van der Waals surface area contributed by atoms with Gasteiger partial charge in [0.25, 0.3) is 6.48 Å². The van der Waals surface area contributed by atoms with Crippen LogP contribution in [0.5, 0.6) is 0 Å². The van der Waals surface area contributed by atoms with Crippen molar-refractivity contribution in [2.24, 2.45) is 0 Å². The number of aliphatic hydroxyl groups is 2. The van der Waals surface area contributed by atoms with Crippen LogP contribution in [0.15, 0.2) is 17.1 Å². The van der Waals surface area contributed by atoms with E-state index < -0.39 is 36.7 Å². The fraction of sp³-hybridized carbons (Fsp3) is 0.667. The van der Waals surface area contributed by atoms with E-state index in [0.717, 1.165) is 4.57 Å². The zero-order chi connectivity index (χ0) is 15.7. The Bertz CT molecular complexity index is 574. The van der Waals surface area contributed by atoms with Gasteiger partial charge in [-0.3, -0.25) is 4.57 Å². The van der Waals surface area contributed by atoms with E-state index in [9.17, 15) is 15.0 Å². The highest BCUT2D eigenvalue weighted by molar-refractivity contribution is 5.23. The van der Waals surface area contributed by atoms with E-state index in [1.807, 2.05) is 0 Å². The van der Waals surface area contributed by atoms with Crippen LogP contribution in [0.1, 0.15) is 6.23 Å². The molecule has 0 unspecified atom stereocenters. The van der Waals surface area contributed by atoms with Crippen LogP contribution in [0, 0.1) is 0 Å². The van der Waals surface area contributed by atoms with Crippen LogP contribution in [0.4, 0.5) is 5.82 Å². The molecule has 10 heteroatoms. The number of aliphatic hydroxyl groups excluding tert-OH is 2. The number of rotatable bonds is 4. The number of nitrogen functional groups attached to an aromatic ring is 1. The molecule has 2 saturated heterocycles. The number of hydrogen-bond donors (Lipinski definition) is 3. The molecule has 3 rings (SSSR count). The molecule has 0 aliphatic carbocycles. The van der Waals surface area contributed by atoms with Crippen molar-refractivity contribution in [1.82, 2.24) is 9.55 Å². The standard InChI is InChI=1S/C12H17N3O7/c13-7-1-2-15(11(18)14-7)10-9(17)8(16)6(22-10)5-21-12-19-3-4-20-12/h1-2,6,8-10,12,16-17H,3-5H2,(H2,13,14,18)/t6-,8-,9-,10-/m1/s1. The van der Waals surface area contributed by atoms with Crippen molar-refractivity contribution in [2.75, 3.05) is 25.6 Å². The molecule has 22 heavy (non-hydrogen) atoms. The monoisotopic (exact) mass is 315 g/mol. The van der Waals surface area contributed by atoms with Gasteiger partial charge >= 0.3 is 5.69 Å². The summed E-state index contributed by atoms with van der Waals surface area (Å²) in [6.07, 6.45) is -3.09. The van der Waals surface area contributed by atoms with E-state index in [1.165, 1.54) is 12.3 Å². The molecule has 2 aliphatic rings. The maximum atomic E-state index is 11.8. The van der Waals surface area contributed by atoms with Crippen molar-refractivity contribution in [3.05, 3.63) is 22.7 Å². The lowest BCUT2D eigenvalue weighted by Crippen LogP contribution is -2.36. The van der Waals surface area contributed by atoms with Crippen LogP contribution >= 0.6 is 0 Å². The summed E-state index contributed by atoms with van der Waals surface area (Å²) in [5, 5.41) is 20.1. The minimum absolute atomic E-state index is 0.0590. The molecule has 0 aromatic carbocycles. The fourth-order valence-corrected chi connectivity index (χ4v) is 2.32. The van der Waals surface area contributed by atoms with Crippen LogP contribution in [0.25, 0.3) is 0 Å². The molecule has 0 spiro atoms. The Labute approximate surface area is 125 Å². The van der Waals surface area contributed by atoms with Gasteiger partial charge in [0.15, 0.2) is 6.23 Å². The second kappa shape index (κ2) is 6.28. The van der Waals surface area contributed by atoms with E-state index in [-0.39, 0.29) is 12.4 Å². The third kappa shape index (κ3) is 2.97. The maximum Gasteiger partial charge on any atom is 0.351 e. The number of anilines is 1. The number of hydrogen-bond acceptors (Lipinski definition) is 9. The average molecular weight is 315 g/mol. The van der Waals surface area contributed by atoms with Crippen molar-refractivity contribution >= 4 is 5.82 Å². The lowest BCUT2D eigenvalue weighted by molar-refractivity contribution is -0.244. The molecule has 2 fully saturated rings. The molecular formula is C12H17N3O7. The molecule has 4 N–H and O–H groups in total. The molecule has 1 aromatic rings. The first kappa shape index (κ1) is 15.3. The molecule has 10 nitrogen and oxygen atoms in total. The highest BCUT2D eigenvalue weighted by Crippen LogP contribution is 2.29. The molecular weight excluding hydrogens is 298 g/mol. The second-order valence-electron chi connectivity index (χ2n) is 4.95. The van der Waals surface area contributed by atoms with Crippen molar-refractivity contribution in [3.63, 3.8) is 0 Å². The minimum Gasteiger partial charge on any atom is -0.387 e. The van der Waals surface area contributed by atoms with Crippen LogP contribution in [-0.4, -0.2) is 64.4 Å². The Kier molecular flexibility index (Phi) is 4.38. The van der Waals surface area contributed by atoms with Gasteiger partial charge in [0.05, 0.1) is 19.8 Å². The topological polar surface area (TPSA) is 138 Å². The molecule has 0 amide bonds. The van der Waals surface area contributed by atoms with Crippen molar-refractivity contribution < 1.29 is 29.2 Å². The van der Waals surface area contributed by atoms with Crippen LogP contribution in [-0.2, 0) is 18.9 Å². The zero-order valence-corrected chi connectivity index (χ0v) is 11.6. The summed E-state index contributed by atoms with van der Waals surface area (Å²) in [7, 11) is 0. The summed E-state index contributed by atoms with van der Waals surface area (Å²) in [6.45, 7) is -0.0170. The van der Waals surface area contributed by atoms with E-state index in [4.69, 9.17) is 24.7 Å². The third-order valence-corrected chi connectivity index (χ3v) is 3.45. The fourth-order valence-electron chi connectivity index (χ4n) is 2.32. The van der Waals surface area contributed by atoms with E-state index in [1.54, 1.807) is 0 Å². The molecule has 122 valence electrons. The molecule has 0 saturated carbocycles. The molecule has 2 aliphatic heterocycles. The predicted molar refractivity (Wildman–Crippen MR) is 70.5 cm³/mol. The maximum absolute atomic E-state index is 11.8. The summed E-state index contributed by atoms with van der Waals surface area (Å²) in [6, 6.07) is 1.40. The van der Waals surface area contributed by atoms with Gasteiger partial charge < -0.3 is 34.9 Å². The zero-order valence-electron chi connectivity index (χ0n) is 11.6. The highest BCUT2D eigenvalue weighted by Gasteiger charge is 2.44. The third-order valence-electron chi connectivity index (χ3n) is 3.45. The molecule has 0 radical (unpaired) electrons. The lowest BCUT2D eigenvalue weighted by atomic mass is 10.1. The Morgan fingerprint density at radius 2 is 2.09 bits per heavy atom. The van der Waals surface area contributed by atoms with E-state index in [2.05, 4.69) is 4.98 Å². The van der Waals surface area contributed by atoms with Gasteiger partial charge in [-0.1, -0.05) is 0 Å². The van der Waals surface area contributed by atoms with Crippen molar-refractivity contribution in [2.45, 2.75) is 31.0 Å². The Morgan fingerprint density at radius 3 is 2.77 bits per heavy atom. The van der Waals surface area contributed by atoms with Crippen LogP contribution in [0.3, 0.4) is 0 Å². The van der Waals surface area contributed by atoms with Gasteiger partial charge in [-0.2, -0.15) is 4.98 Å². The second-order valence-corrected chi connectivity index (χ2v) is 4.95. The van der Waals surface area contributed by atoms with Gasteiger partial charge in [0.2, 0.25) is 0 Å². The summed E-state index contributed by atoms with van der Waals surface area (Å²) in [5.41, 5.74) is 4.73.